The van der Waals surface area contributed by atoms with Gasteiger partial charge in [0.15, 0.2) is 6.29 Å². The topological polar surface area (TPSA) is 27.7 Å². The number of hydrogen-bond donors (Lipinski definition) is 0. The van der Waals surface area contributed by atoms with Gasteiger partial charge in [-0.15, -0.1) is 0 Å². The van der Waals surface area contributed by atoms with Crippen molar-refractivity contribution in [1.29, 1.82) is 0 Å². The van der Waals surface area contributed by atoms with E-state index in [2.05, 4.69) is 20.8 Å². The number of hydrogen-bond acceptors (Lipinski definition) is 3. The largest absolute Gasteiger partial charge is 0.379 e. The Hall–Kier alpha value is -0.120. The fraction of sp³-hybridized carbons (Fsp3) is 1.00. The van der Waals surface area contributed by atoms with E-state index < -0.39 is 0 Å². The average molecular weight is 256 g/mol. The van der Waals surface area contributed by atoms with Gasteiger partial charge in [-0.05, 0) is 44.9 Å². The fourth-order valence-electron chi connectivity index (χ4n) is 3.29. The van der Waals surface area contributed by atoms with Crippen molar-refractivity contribution in [2.45, 2.75) is 65.3 Å². The summed E-state index contributed by atoms with van der Waals surface area (Å²) >= 11 is 0. The lowest BCUT2D eigenvalue weighted by Gasteiger charge is -2.45. The van der Waals surface area contributed by atoms with Crippen LogP contribution in [0.25, 0.3) is 0 Å². The molecule has 0 spiro atoms. The molecule has 0 aromatic heterocycles. The van der Waals surface area contributed by atoms with Gasteiger partial charge in [0.25, 0.3) is 0 Å². The second-order valence-corrected chi connectivity index (χ2v) is 6.04. The minimum absolute atomic E-state index is 0.0258. The molecule has 1 aliphatic carbocycles. The maximum atomic E-state index is 5.82. The molecule has 0 amide bonds. The molecular weight excluding hydrogens is 228 g/mol. The van der Waals surface area contributed by atoms with Crippen LogP contribution in [0.5, 0.6) is 0 Å². The van der Waals surface area contributed by atoms with Gasteiger partial charge in [0, 0.05) is 12.0 Å². The van der Waals surface area contributed by atoms with Crippen LogP contribution in [0, 0.1) is 11.3 Å². The third kappa shape index (κ3) is 3.25. The third-order valence-corrected chi connectivity index (χ3v) is 4.59. The molecule has 106 valence electrons. The van der Waals surface area contributed by atoms with Gasteiger partial charge in [-0.25, -0.2) is 0 Å². The molecule has 1 aliphatic heterocycles. The summed E-state index contributed by atoms with van der Waals surface area (Å²) in [6, 6.07) is 0. The van der Waals surface area contributed by atoms with Crippen LogP contribution < -0.4 is 0 Å². The van der Waals surface area contributed by atoms with E-state index in [1.165, 1.54) is 25.7 Å². The van der Waals surface area contributed by atoms with Gasteiger partial charge < -0.3 is 14.2 Å². The second-order valence-electron chi connectivity index (χ2n) is 6.04. The van der Waals surface area contributed by atoms with E-state index in [1.807, 2.05) is 0 Å². The first-order valence-corrected chi connectivity index (χ1v) is 7.52. The zero-order chi connectivity index (χ0) is 13.0. The highest BCUT2D eigenvalue weighted by Gasteiger charge is 2.40. The molecule has 3 heteroatoms. The van der Waals surface area contributed by atoms with E-state index in [9.17, 15) is 0 Å². The van der Waals surface area contributed by atoms with Crippen molar-refractivity contribution < 1.29 is 14.2 Å². The summed E-state index contributed by atoms with van der Waals surface area (Å²) in [5.74, 6) is 0.729. The van der Waals surface area contributed by atoms with Crippen molar-refractivity contribution in [3.63, 3.8) is 0 Å². The van der Waals surface area contributed by atoms with Gasteiger partial charge in [-0.2, -0.15) is 0 Å². The van der Waals surface area contributed by atoms with Crippen LogP contribution in [-0.4, -0.2) is 32.2 Å². The van der Waals surface area contributed by atoms with E-state index in [4.69, 9.17) is 14.2 Å². The summed E-state index contributed by atoms with van der Waals surface area (Å²) in [5, 5.41) is 0. The maximum absolute atomic E-state index is 5.82. The van der Waals surface area contributed by atoms with Crippen LogP contribution in [0.2, 0.25) is 0 Å². The molecule has 1 heterocycles. The van der Waals surface area contributed by atoms with Gasteiger partial charge in [-0.3, -0.25) is 0 Å². The zero-order valence-corrected chi connectivity index (χ0v) is 12.1. The third-order valence-electron chi connectivity index (χ3n) is 4.59. The molecule has 2 rings (SSSR count). The van der Waals surface area contributed by atoms with Gasteiger partial charge in [0.05, 0.1) is 19.3 Å². The first kappa shape index (κ1) is 14.3. The van der Waals surface area contributed by atoms with E-state index in [0.29, 0.717) is 6.10 Å². The summed E-state index contributed by atoms with van der Waals surface area (Å²) in [7, 11) is 0. The predicted molar refractivity (Wildman–Crippen MR) is 71.5 cm³/mol. The maximum Gasteiger partial charge on any atom is 0.157 e. The molecule has 1 saturated carbocycles. The molecule has 0 aromatic rings. The predicted octanol–water partition coefficient (Wildman–Crippen LogP) is 3.37. The van der Waals surface area contributed by atoms with Crippen molar-refractivity contribution in [3.8, 4) is 0 Å². The normalized spacial score (nSPS) is 41.8. The molecule has 0 atom stereocenters. The molecule has 3 nitrogen and oxygen atoms in total. The second kappa shape index (κ2) is 6.36. The first-order chi connectivity index (χ1) is 8.68. The van der Waals surface area contributed by atoms with Crippen LogP contribution in [0.1, 0.15) is 52.9 Å². The molecule has 0 N–H and O–H groups in total. The summed E-state index contributed by atoms with van der Waals surface area (Å²) in [5.41, 5.74) is 0.211. The highest BCUT2D eigenvalue weighted by molar-refractivity contribution is 4.88. The molecule has 0 bridgehead atoms. The lowest BCUT2D eigenvalue weighted by molar-refractivity contribution is -0.240. The molecule has 1 saturated heterocycles. The zero-order valence-electron chi connectivity index (χ0n) is 12.1. The first-order valence-electron chi connectivity index (χ1n) is 7.52. The smallest absolute Gasteiger partial charge is 0.157 e. The highest BCUT2D eigenvalue weighted by atomic mass is 16.7. The van der Waals surface area contributed by atoms with Crippen LogP contribution in [-0.2, 0) is 14.2 Å². The molecule has 18 heavy (non-hydrogen) atoms. The molecule has 2 fully saturated rings. The van der Waals surface area contributed by atoms with Gasteiger partial charge >= 0.3 is 0 Å². The van der Waals surface area contributed by atoms with Crippen LogP contribution >= 0.6 is 0 Å². The summed E-state index contributed by atoms with van der Waals surface area (Å²) in [6.45, 7) is 9.08. The summed E-state index contributed by atoms with van der Waals surface area (Å²) in [4.78, 5) is 0. The van der Waals surface area contributed by atoms with E-state index in [1.54, 1.807) is 0 Å². The van der Waals surface area contributed by atoms with Gasteiger partial charge in [0.1, 0.15) is 0 Å². The van der Waals surface area contributed by atoms with Gasteiger partial charge in [0.2, 0.25) is 0 Å². The van der Waals surface area contributed by atoms with E-state index in [-0.39, 0.29) is 11.7 Å². The van der Waals surface area contributed by atoms with Crippen molar-refractivity contribution >= 4 is 0 Å². The molecule has 0 unspecified atom stereocenters. The number of ether oxygens (including phenoxy) is 3. The van der Waals surface area contributed by atoms with Crippen molar-refractivity contribution in [2.24, 2.45) is 11.3 Å². The Labute approximate surface area is 111 Å². The molecular formula is C15H28O3. The van der Waals surface area contributed by atoms with E-state index >= 15 is 0 Å². The Morgan fingerprint density at radius 1 is 1.06 bits per heavy atom. The highest BCUT2D eigenvalue weighted by Crippen LogP contribution is 2.41. The lowest BCUT2D eigenvalue weighted by atomic mass is 9.70. The average Bonchev–Trinajstić information content (AvgIpc) is 2.41. The molecule has 2 aliphatic rings. The Morgan fingerprint density at radius 3 is 2.17 bits per heavy atom. The SMILES string of the molecule is CCOC1CCC(C2(C)COC(CC)OC2)CC1. The quantitative estimate of drug-likeness (QED) is 0.772. The minimum atomic E-state index is 0.0258. The minimum Gasteiger partial charge on any atom is -0.379 e. The Morgan fingerprint density at radius 2 is 1.67 bits per heavy atom. The standard InChI is InChI=1S/C15H28O3/c1-4-14-17-10-15(3,11-18-14)12-6-8-13(9-7-12)16-5-2/h12-14H,4-11H2,1-3H3. The Kier molecular flexibility index (Phi) is 5.05. The lowest BCUT2D eigenvalue weighted by Crippen LogP contribution is -2.46. The van der Waals surface area contributed by atoms with Crippen LogP contribution in [0.4, 0.5) is 0 Å². The van der Waals surface area contributed by atoms with Crippen molar-refractivity contribution in [2.75, 3.05) is 19.8 Å². The number of rotatable bonds is 4. The Balaban J connectivity index is 1.81. The fourth-order valence-corrected chi connectivity index (χ4v) is 3.29. The van der Waals surface area contributed by atoms with Gasteiger partial charge in [-0.1, -0.05) is 13.8 Å². The molecule has 0 aromatic carbocycles. The summed E-state index contributed by atoms with van der Waals surface area (Å²) in [6.07, 6.45) is 6.38. The monoisotopic (exact) mass is 256 g/mol. The van der Waals surface area contributed by atoms with Crippen LogP contribution in [0.3, 0.4) is 0 Å². The Bertz CT molecular complexity index is 238. The van der Waals surface area contributed by atoms with E-state index in [0.717, 1.165) is 32.2 Å². The van der Waals surface area contributed by atoms with Crippen molar-refractivity contribution in [1.82, 2.24) is 0 Å². The van der Waals surface area contributed by atoms with Crippen molar-refractivity contribution in [3.05, 3.63) is 0 Å². The summed E-state index contributed by atoms with van der Waals surface area (Å²) < 4.78 is 17.4. The van der Waals surface area contributed by atoms with Crippen LogP contribution in [0.15, 0.2) is 0 Å². The molecule has 0 radical (unpaired) electrons.